The first-order valence-electron chi connectivity index (χ1n) is 7.09. The maximum atomic E-state index is 12.0. The molecule has 0 saturated carbocycles. The van der Waals surface area contributed by atoms with Crippen molar-refractivity contribution in [3.63, 3.8) is 0 Å². The number of benzene rings is 1. The molecule has 1 heterocycles. The average molecular weight is 320 g/mol. The number of rotatable bonds is 4. The lowest BCUT2D eigenvalue weighted by molar-refractivity contribution is 0.0526. The molecular formula is C16H20N2O3S. The van der Waals surface area contributed by atoms with E-state index in [1.54, 1.807) is 20.8 Å². The summed E-state index contributed by atoms with van der Waals surface area (Å²) in [5, 5.41) is 6.44. The van der Waals surface area contributed by atoms with E-state index in [1.165, 1.54) is 11.3 Å². The quantitative estimate of drug-likeness (QED) is 0.850. The molecule has 2 N–H and O–H groups in total. The third-order valence-electron chi connectivity index (χ3n) is 2.73. The van der Waals surface area contributed by atoms with E-state index in [0.29, 0.717) is 18.0 Å². The van der Waals surface area contributed by atoms with Gasteiger partial charge < -0.3 is 15.4 Å². The Balaban J connectivity index is 1.77. The maximum absolute atomic E-state index is 12.0. The summed E-state index contributed by atoms with van der Waals surface area (Å²) >= 11 is 1.45. The van der Waals surface area contributed by atoms with Gasteiger partial charge in [-0.2, -0.15) is 0 Å². The second-order valence-corrected chi connectivity index (χ2v) is 6.92. The van der Waals surface area contributed by atoms with Gasteiger partial charge in [0.15, 0.2) is 0 Å². The van der Waals surface area contributed by atoms with Gasteiger partial charge >= 0.3 is 6.09 Å². The first-order valence-corrected chi connectivity index (χ1v) is 7.90. The molecule has 0 radical (unpaired) electrons. The Kier molecular flexibility index (Phi) is 5.03. The molecule has 0 atom stereocenters. The molecule has 0 bridgehead atoms. The molecule has 1 aromatic heterocycles. The van der Waals surface area contributed by atoms with Crippen LogP contribution in [0.2, 0.25) is 0 Å². The van der Waals surface area contributed by atoms with Gasteiger partial charge in [0.2, 0.25) is 0 Å². The summed E-state index contributed by atoms with van der Waals surface area (Å²) in [5.41, 5.74) is -0.523. The Hall–Kier alpha value is -2.08. The van der Waals surface area contributed by atoms with Crippen molar-refractivity contribution in [1.29, 1.82) is 0 Å². The predicted molar refractivity (Wildman–Crippen MR) is 88.4 cm³/mol. The number of carbonyl (C=O) groups is 2. The van der Waals surface area contributed by atoms with Crippen LogP contribution in [0, 0.1) is 0 Å². The van der Waals surface area contributed by atoms with Crippen molar-refractivity contribution in [2.75, 3.05) is 13.1 Å². The van der Waals surface area contributed by atoms with Crippen molar-refractivity contribution in [2.45, 2.75) is 26.4 Å². The van der Waals surface area contributed by atoms with Crippen LogP contribution in [0.5, 0.6) is 0 Å². The molecule has 22 heavy (non-hydrogen) atoms. The molecule has 2 rings (SSSR count). The monoisotopic (exact) mass is 320 g/mol. The van der Waals surface area contributed by atoms with Crippen molar-refractivity contribution in [2.24, 2.45) is 0 Å². The van der Waals surface area contributed by atoms with Crippen LogP contribution in [0.4, 0.5) is 4.79 Å². The number of hydrogen-bond donors (Lipinski definition) is 2. The highest BCUT2D eigenvalue weighted by atomic mass is 32.1. The van der Waals surface area contributed by atoms with Gasteiger partial charge in [-0.3, -0.25) is 4.79 Å². The van der Waals surface area contributed by atoms with E-state index in [2.05, 4.69) is 10.6 Å². The average Bonchev–Trinajstić information content (AvgIpc) is 2.85. The largest absolute Gasteiger partial charge is 0.444 e. The van der Waals surface area contributed by atoms with E-state index >= 15 is 0 Å². The fraction of sp³-hybridized carbons (Fsp3) is 0.375. The van der Waals surface area contributed by atoms with Gasteiger partial charge in [0.05, 0.1) is 4.88 Å². The van der Waals surface area contributed by atoms with Crippen molar-refractivity contribution >= 4 is 33.4 Å². The number of alkyl carbamates (subject to hydrolysis) is 1. The van der Waals surface area contributed by atoms with Crippen LogP contribution in [0.1, 0.15) is 30.4 Å². The van der Waals surface area contributed by atoms with Gasteiger partial charge in [-0.15, -0.1) is 11.3 Å². The molecule has 5 nitrogen and oxygen atoms in total. The third kappa shape index (κ3) is 4.73. The van der Waals surface area contributed by atoms with Crippen molar-refractivity contribution in [3.05, 3.63) is 35.2 Å². The SMILES string of the molecule is CC(C)(C)OC(=O)NCCNC(=O)c1cc2ccccc2s1. The van der Waals surface area contributed by atoms with Crippen molar-refractivity contribution in [1.82, 2.24) is 10.6 Å². The van der Waals surface area contributed by atoms with Crippen LogP contribution < -0.4 is 10.6 Å². The smallest absolute Gasteiger partial charge is 0.407 e. The van der Waals surface area contributed by atoms with Gasteiger partial charge in [0.1, 0.15) is 5.60 Å². The topological polar surface area (TPSA) is 67.4 Å². The Morgan fingerprint density at radius 2 is 1.82 bits per heavy atom. The lowest BCUT2D eigenvalue weighted by atomic mass is 10.2. The minimum absolute atomic E-state index is 0.132. The number of nitrogens with one attached hydrogen (secondary N) is 2. The zero-order valence-electron chi connectivity index (χ0n) is 12.9. The molecule has 0 fully saturated rings. The molecule has 0 aliphatic rings. The van der Waals surface area contributed by atoms with E-state index in [9.17, 15) is 9.59 Å². The molecule has 118 valence electrons. The summed E-state index contributed by atoms with van der Waals surface area (Å²) in [6.45, 7) is 6.08. The number of fused-ring (bicyclic) bond motifs is 1. The van der Waals surface area contributed by atoms with Gasteiger partial charge in [-0.1, -0.05) is 18.2 Å². The van der Waals surface area contributed by atoms with E-state index in [1.807, 2.05) is 30.3 Å². The van der Waals surface area contributed by atoms with Crippen LogP contribution in [0.25, 0.3) is 10.1 Å². The lowest BCUT2D eigenvalue weighted by Crippen LogP contribution is -2.37. The molecule has 1 aromatic carbocycles. The molecule has 0 unspecified atom stereocenters. The van der Waals surface area contributed by atoms with Crippen molar-refractivity contribution in [3.8, 4) is 0 Å². The molecular weight excluding hydrogens is 300 g/mol. The van der Waals surface area contributed by atoms with Gasteiger partial charge in [-0.25, -0.2) is 4.79 Å². The standard InChI is InChI=1S/C16H20N2O3S/c1-16(2,3)21-15(20)18-9-8-17-14(19)13-10-11-6-4-5-7-12(11)22-13/h4-7,10H,8-9H2,1-3H3,(H,17,19)(H,18,20). The van der Waals surface area contributed by atoms with E-state index < -0.39 is 11.7 Å². The third-order valence-corrected chi connectivity index (χ3v) is 3.84. The van der Waals surface area contributed by atoms with Gasteiger partial charge in [0.25, 0.3) is 5.91 Å². The molecule has 0 aliphatic carbocycles. The highest BCUT2D eigenvalue weighted by Gasteiger charge is 2.15. The zero-order valence-corrected chi connectivity index (χ0v) is 13.8. The normalized spacial score (nSPS) is 11.2. The Morgan fingerprint density at radius 3 is 2.50 bits per heavy atom. The van der Waals surface area contributed by atoms with Gasteiger partial charge in [-0.05, 0) is 38.3 Å². The van der Waals surface area contributed by atoms with E-state index in [4.69, 9.17) is 4.74 Å². The Morgan fingerprint density at radius 1 is 1.14 bits per heavy atom. The summed E-state index contributed by atoms with van der Waals surface area (Å²) in [4.78, 5) is 24.2. The Bertz CT molecular complexity index is 640. The molecule has 6 heteroatoms. The summed E-state index contributed by atoms with van der Waals surface area (Å²) in [6.07, 6.45) is -0.483. The molecule has 0 saturated heterocycles. The summed E-state index contributed by atoms with van der Waals surface area (Å²) in [6, 6.07) is 9.73. The molecule has 0 spiro atoms. The minimum atomic E-state index is -0.523. The number of amides is 2. The molecule has 2 amide bonds. The zero-order chi connectivity index (χ0) is 16.2. The fourth-order valence-corrected chi connectivity index (χ4v) is 2.81. The highest BCUT2D eigenvalue weighted by Crippen LogP contribution is 2.24. The van der Waals surface area contributed by atoms with Crippen LogP contribution >= 0.6 is 11.3 Å². The van der Waals surface area contributed by atoms with Crippen LogP contribution in [0.3, 0.4) is 0 Å². The fourth-order valence-electron chi connectivity index (χ4n) is 1.84. The Labute approximate surface area is 133 Å². The number of ether oxygens (including phenoxy) is 1. The predicted octanol–water partition coefficient (Wildman–Crippen LogP) is 3.16. The number of hydrogen-bond acceptors (Lipinski definition) is 4. The summed E-state index contributed by atoms with van der Waals surface area (Å²) in [5.74, 6) is -0.132. The molecule has 2 aromatic rings. The van der Waals surface area contributed by atoms with Crippen LogP contribution in [-0.2, 0) is 4.74 Å². The number of carbonyl (C=O) groups excluding carboxylic acids is 2. The molecule has 0 aliphatic heterocycles. The van der Waals surface area contributed by atoms with Crippen molar-refractivity contribution < 1.29 is 14.3 Å². The lowest BCUT2D eigenvalue weighted by Gasteiger charge is -2.19. The van der Waals surface area contributed by atoms with E-state index in [-0.39, 0.29) is 5.91 Å². The maximum Gasteiger partial charge on any atom is 0.407 e. The summed E-state index contributed by atoms with van der Waals surface area (Å²) in [7, 11) is 0. The number of thiophene rings is 1. The van der Waals surface area contributed by atoms with E-state index in [0.717, 1.165) is 10.1 Å². The second-order valence-electron chi connectivity index (χ2n) is 5.83. The second kappa shape index (κ2) is 6.79. The first-order chi connectivity index (χ1) is 10.3. The highest BCUT2D eigenvalue weighted by molar-refractivity contribution is 7.20. The van der Waals surface area contributed by atoms with Crippen LogP contribution in [-0.4, -0.2) is 30.7 Å². The summed E-state index contributed by atoms with van der Waals surface area (Å²) < 4.78 is 6.19. The minimum Gasteiger partial charge on any atom is -0.444 e. The first kappa shape index (κ1) is 16.3. The van der Waals surface area contributed by atoms with Crippen LogP contribution in [0.15, 0.2) is 30.3 Å². The van der Waals surface area contributed by atoms with Gasteiger partial charge in [0, 0.05) is 17.8 Å².